The van der Waals surface area contributed by atoms with Crippen LogP contribution in [0.5, 0.6) is 11.5 Å². The molecule has 0 aliphatic carbocycles. The molecule has 0 radical (unpaired) electrons. The fourth-order valence-corrected chi connectivity index (χ4v) is 2.33. The number of rotatable bonds is 2. The highest BCUT2D eigenvalue weighted by Crippen LogP contribution is 2.36. The van der Waals surface area contributed by atoms with Gasteiger partial charge in [-0.3, -0.25) is 9.89 Å². The summed E-state index contributed by atoms with van der Waals surface area (Å²) in [6.45, 7) is 1.77. The average Bonchev–Trinajstić information content (AvgIpc) is 2.90. The smallest absolute Gasteiger partial charge is 0.296 e. The zero-order valence-electron chi connectivity index (χ0n) is 10.8. The van der Waals surface area contributed by atoms with E-state index in [0.29, 0.717) is 11.5 Å². The summed E-state index contributed by atoms with van der Waals surface area (Å²) in [5.74, 6) is 1.29. The number of hydrogen-bond donors (Lipinski definition) is 1. The van der Waals surface area contributed by atoms with Gasteiger partial charge in [-0.1, -0.05) is 0 Å². The van der Waals surface area contributed by atoms with Gasteiger partial charge in [0.15, 0.2) is 11.5 Å². The molecule has 7 nitrogen and oxygen atoms in total. The zero-order valence-corrected chi connectivity index (χ0v) is 13.2. The molecule has 0 unspecified atom stereocenters. The summed E-state index contributed by atoms with van der Waals surface area (Å²) < 4.78 is 12.5. The predicted molar refractivity (Wildman–Crippen MR) is 81.7 cm³/mol. The topological polar surface area (TPSA) is 81.5 Å². The summed E-state index contributed by atoms with van der Waals surface area (Å²) in [6, 6.07) is 3.55. The van der Waals surface area contributed by atoms with Crippen LogP contribution in [0.2, 0.25) is 0 Å². The van der Waals surface area contributed by atoms with E-state index in [2.05, 4.69) is 31.2 Å². The van der Waals surface area contributed by atoms with Crippen LogP contribution in [0, 0.1) is 11.7 Å². The van der Waals surface area contributed by atoms with Crippen molar-refractivity contribution < 1.29 is 9.47 Å². The first-order chi connectivity index (χ1) is 10.1. The molecule has 3 rings (SSSR count). The summed E-state index contributed by atoms with van der Waals surface area (Å²) in [7, 11) is 0. The van der Waals surface area contributed by atoms with Gasteiger partial charge in [0.25, 0.3) is 5.56 Å². The minimum atomic E-state index is -0.369. The van der Waals surface area contributed by atoms with Crippen LogP contribution in [0.1, 0.15) is 11.3 Å². The molecular weight excluding hydrogens is 360 g/mol. The molecule has 1 aromatic heterocycles. The van der Waals surface area contributed by atoms with Gasteiger partial charge in [-0.2, -0.15) is 14.9 Å². The van der Waals surface area contributed by atoms with Crippen LogP contribution in [-0.4, -0.2) is 27.9 Å². The van der Waals surface area contributed by atoms with E-state index in [9.17, 15) is 4.79 Å². The fraction of sp³-hybridized carbons (Fsp3) is 0.167. The van der Waals surface area contributed by atoms with Crippen LogP contribution in [0.15, 0.2) is 26.5 Å². The largest absolute Gasteiger partial charge is 0.454 e. The molecule has 0 fully saturated rings. The maximum atomic E-state index is 11.9. The molecule has 0 spiro atoms. The molecule has 2 aromatic rings. The molecule has 0 bridgehead atoms. The molecule has 108 valence electrons. The number of hydrogen-bond acceptors (Lipinski definition) is 6. The Balaban J connectivity index is 2.03. The van der Waals surface area contributed by atoms with E-state index in [4.69, 9.17) is 21.7 Å². The number of halogens is 1. The quantitative estimate of drug-likeness (QED) is 0.647. The third kappa shape index (κ3) is 2.61. The summed E-state index contributed by atoms with van der Waals surface area (Å²) in [5.41, 5.74) is 0.646. The molecule has 1 aliphatic rings. The normalized spacial score (nSPS) is 13.0. The van der Waals surface area contributed by atoms with Crippen molar-refractivity contribution in [3.05, 3.63) is 43.0 Å². The number of H-pyrrole nitrogens is 1. The fourth-order valence-electron chi connectivity index (χ4n) is 1.73. The van der Waals surface area contributed by atoms with E-state index in [1.54, 1.807) is 19.1 Å². The van der Waals surface area contributed by atoms with Crippen LogP contribution < -0.4 is 15.0 Å². The first kappa shape index (κ1) is 14.0. The van der Waals surface area contributed by atoms with Crippen molar-refractivity contribution >= 4 is 34.4 Å². The lowest BCUT2D eigenvalue weighted by Gasteiger charge is -2.02. The van der Waals surface area contributed by atoms with Crippen molar-refractivity contribution in [2.24, 2.45) is 5.10 Å². The molecule has 0 saturated heterocycles. The second-order valence-electron chi connectivity index (χ2n) is 4.20. The van der Waals surface area contributed by atoms with Gasteiger partial charge in [-0.25, -0.2) is 0 Å². The van der Waals surface area contributed by atoms with Crippen molar-refractivity contribution in [2.75, 3.05) is 6.79 Å². The van der Waals surface area contributed by atoms with E-state index in [-0.39, 0.29) is 22.8 Å². The van der Waals surface area contributed by atoms with E-state index in [1.165, 1.54) is 6.21 Å². The number of fused-ring (bicyclic) bond motifs is 1. The SMILES string of the molecule is Cc1n[nH]c(=S)n(/N=C\c2cc3c(cc2Br)OCO3)c1=O. The van der Waals surface area contributed by atoms with Gasteiger partial charge in [-0.15, -0.1) is 0 Å². The van der Waals surface area contributed by atoms with Crippen molar-refractivity contribution in [3.8, 4) is 11.5 Å². The number of ether oxygens (including phenoxy) is 2. The third-order valence-electron chi connectivity index (χ3n) is 2.82. The Bertz CT molecular complexity index is 859. The Morgan fingerprint density at radius 1 is 1.48 bits per heavy atom. The lowest BCUT2D eigenvalue weighted by molar-refractivity contribution is 0.174. The van der Waals surface area contributed by atoms with Gasteiger partial charge in [-0.05, 0) is 47.2 Å². The van der Waals surface area contributed by atoms with Gasteiger partial charge >= 0.3 is 0 Å². The number of nitrogens with one attached hydrogen (secondary N) is 1. The lowest BCUT2D eigenvalue weighted by atomic mass is 10.2. The van der Waals surface area contributed by atoms with Gasteiger partial charge in [0.2, 0.25) is 11.6 Å². The maximum Gasteiger partial charge on any atom is 0.296 e. The Labute approximate surface area is 132 Å². The summed E-state index contributed by atoms with van der Waals surface area (Å²) in [6.07, 6.45) is 1.51. The molecule has 1 N–H and O–H groups in total. The number of aryl methyl sites for hydroxylation is 1. The van der Waals surface area contributed by atoms with Crippen LogP contribution in [0.4, 0.5) is 0 Å². The van der Waals surface area contributed by atoms with Gasteiger partial charge in [0.1, 0.15) is 5.69 Å². The summed E-state index contributed by atoms with van der Waals surface area (Å²) in [5, 5.41) is 10.4. The monoisotopic (exact) mass is 368 g/mol. The van der Waals surface area contributed by atoms with E-state index < -0.39 is 0 Å². The molecule has 21 heavy (non-hydrogen) atoms. The highest BCUT2D eigenvalue weighted by atomic mass is 79.9. The molecule has 1 aromatic carbocycles. The summed E-state index contributed by atoms with van der Waals surface area (Å²) >= 11 is 8.42. The van der Waals surface area contributed by atoms with Crippen LogP contribution in [0.25, 0.3) is 0 Å². The van der Waals surface area contributed by atoms with Gasteiger partial charge < -0.3 is 9.47 Å². The Morgan fingerprint density at radius 2 is 2.19 bits per heavy atom. The Kier molecular flexibility index (Phi) is 3.60. The molecule has 1 aliphatic heterocycles. The first-order valence-electron chi connectivity index (χ1n) is 5.88. The molecular formula is C12H9BrN4O3S. The second-order valence-corrected chi connectivity index (χ2v) is 5.44. The zero-order chi connectivity index (χ0) is 15.0. The Morgan fingerprint density at radius 3 is 2.95 bits per heavy atom. The van der Waals surface area contributed by atoms with Crippen molar-refractivity contribution in [1.29, 1.82) is 0 Å². The maximum absolute atomic E-state index is 11.9. The van der Waals surface area contributed by atoms with Crippen molar-refractivity contribution in [2.45, 2.75) is 6.92 Å². The highest BCUT2D eigenvalue weighted by Gasteiger charge is 2.15. The number of benzene rings is 1. The van der Waals surface area contributed by atoms with Crippen LogP contribution in [-0.2, 0) is 0 Å². The van der Waals surface area contributed by atoms with E-state index in [0.717, 1.165) is 14.7 Å². The average molecular weight is 369 g/mol. The molecule has 9 heteroatoms. The van der Waals surface area contributed by atoms with Crippen LogP contribution in [0.3, 0.4) is 0 Å². The molecule has 2 heterocycles. The van der Waals surface area contributed by atoms with Crippen LogP contribution >= 0.6 is 28.1 Å². The van der Waals surface area contributed by atoms with Crippen molar-refractivity contribution in [3.63, 3.8) is 0 Å². The summed E-state index contributed by atoms with van der Waals surface area (Å²) in [4.78, 5) is 11.9. The van der Waals surface area contributed by atoms with Crippen molar-refractivity contribution in [1.82, 2.24) is 14.9 Å². The first-order valence-corrected chi connectivity index (χ1v) is 7.08. The number of aromatic nitrogens is 3. The number of nitrogens with zero attached hydrogens (tertiary/aromatic N) is 3. The molecule has 0 saturated carbocycles. The van der Waals surface area contributed by atoms with Gasteiger partial charge in [0.05, 0.1) is 6.21 Å². The van der Waals surface area contributed by atoms with E-state index >= 15 is 0 Å². The highest BCUT2D eigenvalue weighted by molar-refractivity contribution is 9.10. The minimum Gasteiger partial charge on any atom is -0.454 e. The number of aromatic amines is 1. The second kappa shape index (κ2) is 5.41. The molecule has 0 atom stereocenters. The lowest BCUT2D eigenvalue weighted by Crippen LogP contribution is -2.22. The van der Waals surface area contributed by atoms with E-state index in [1.807, 2.05) is 0 Å². The molecule has 0 amide bonds. The third-order valence-corrected chi connectivity index (χ3v) is 3.77. The van der Waals surface area contributed by atoms with Gasteiger partial charge in [0, 0.05) is 10.0 Å². The Hall–Kier alpha value is -2.00. The predicted octanol–water partition coefficient (Wildman–Crippen LogP) is 1.98. The minimum absolute atomic E-state index is 0.124. The standard InChI is InChI=1S/C12H9BrN4O3S/c1-6-11(18)17(12(21)16-15-6)14-4-7-2-9-10(3-8(7)13)20-5-19-9/h2-4H,5H2,1H3,(H,16,21)/b14-4-.